The zero-order valence-electron chi connectivity index (χ0n) is 15.4. The van der Waals surface area contributed by atoms with E-state index in [0.29, 0.717) is 6.54 Å². The van der Waals surface area contributed by atoms with Gasteiger partial charge in [0, 0.05) is 37.3 Å². The Balaban J connectivity index is 1.95. The average Bonchev–Trinajstić information content (AvgIpc) is 2.88. The number of rotatable bonds is 8. The molecule has 3 aromatic rings. The lowest BCUT2D eigenvalue weighted by atomic mass is 10.2. The summed E-state index contributed by atoms with van der Waals surface area (Å²) in [6, 6.07) is 12.7. The van der Waals surface area contributed by atoms with Crippen LogP contribution in [0.5, 0.6) is 0 Å². The van der Waals surface area contributed by atoms with E-state index < -0.39 is 0 Å². The Morgan fingerprint density at radius 1 is 0.923 bits per heavy atom. The molecule has 2 aromatic carbocycles. The lowest BCUT2D eigenvalue weighted by molar-refractivity contribution is 0.0997. The summed E-state index contributed by atoms with van der Waals surface area (Å²) in [5.74, 6) is 0. The minimum Gasteiger partial charge on any atom is -0.390 e. The number of hydrogen-bond donors (Lipinski definition) is 1. The Hall–Kier alpha value is -0.880. The van der Waals surface area contributed by atoms with Crippen LogP contribution in [0.2, 0.25) is 0 Å². The average molecular weight is 482 g/mol. The van der Waals surface area contributed by atoms with Crippen molar-refractivity contribution in [3.8, 4) is 0 Å². The number of aromatic nitrogens is 1. The molecule has 0 bridgehead atoms. The van der Waals surface area contributed by atoms with Crippen LogP contribution in [0.1, 0.15) is 26.7 Å². The Morgan fingerprint density at radius 3 is 1.88 bits per heavy atom. The molecule has 1 atom stereocenters. The van der Waals surface area contributed by atoms with E-state index in [-0.39, 0.29) is 6.10 Å². The minimum atomic E-state index is -0.390. The van der Waals surface area contributed by atoms with E-state index in [4.69, 9.17) is 0 Å². The Kier molecular flexibility index (Phi) is 6.78. The second-order valence-corrected chi connectivity index (χ2v) is 8.72. The van der Waals surface area contributed by atoms with Crippen LogP contribution in [0.3, 0.4) is 0 Å². The van der Waals surface area contributed by atoms with Crippen LogP contribution in [-0.4, -0.2) is 40.3 Å². The van der Waals surface area contributed by atoms with Crippen LogP contribution in [0.15, 0.2) is 45.3 Å². The molecule has 0 radical (unpaired) electrons. The highest BCUT2D eigenvalue weighted by atomic mass is 79.9. The van der Waals surface area contributed by atoms with E-state index in [2.05, 4.69) is 91.6 Å². The van der Waals surface area contributed by atoms with Crippen LogP contribution >= 0.6 is 31.9 Å². The lowest BCUT2D eigenvalue weighted by Gasteiger charge is -2.24. The van der Waals surface area contributed by atoms with Crippen molar-refractivity contribution < 1.29 is 5.11 Å². The molecule has 0 aliphatic rings. The summed E-state index contributed by atoms with van der Waals surface area (Å²) in [5.41, 5.74) is 2.33. The van der Waals surface area contributed by atoms with E-state index in [1.165, 1.54) is 10.8 Å². The molecule has 0 spiro atoms. The summed E-state index contributed by atoms with van der Waals surface area (Å²) in [6.07, 6.45) is 1.84. The third-order valence-electron chi connectivity index (χ3n) is 4.73. The van der Waals surface area contributed by atoms with Gasteiger partial charge in [-0.3, -0.25) is 0 Å². The van der Waals surface area contributed by atoms with Crippen molar-refractivity contribution >= 4 is 53.7 Å². The van der Waals surface area contributed by atoms with Gasteiger partial charge in [0.25, 0.3) is 0 Å². The molecule has 26 heavy (non-hydrogen) atoms. The molecule has 0 fully saturated rings. The van der Waals surface area contributed by atoms with Gasteiger partial charge in [0.1, 0.15) is 0 Å². The Bertz CT molecular complexity index is 825. The van der Waals surface area contributed by atoms with Crippen LogP contribution in [0.25, 0.3) is 21.8 Å². The summed E-state index contributed by atoms with van der Waals surface area (Å²) in [6.45, 7) is 7.79. The van der Waals surface area contributed by atoms with Gasteiger partial charge < -0.3 is 14.6 Å². The SMILES string of the molecule is CCCN(CCC)CC(O)Cn1c2ccc(Br)cc2c2cc(Br)ccc21. The maximum Gasteiger partial charge on any atom is 0.0845 e. The third-order valence-corrected chi connectivity index (χ3v) is 5.72. The molecule has 0 amide bonds. The molecule has 0 saturated carbocycles. The smallest absolute Gasteiger partial charge is 0.0845 e. The number of hydrogen-bond acceptors (Lipinski definition) is 2. The second-order valence-electron chi connectivity index (χ2n) is 6.89. The molecule has 140 valence electrons. The van der Waals surface area contributed by atoms with E-state index in [9.17, 15) is 5.11 Å². The first-order valence-corrected chi connectivity index (χ1v) is 10.9. The Morgan fingerprint density at radius 2 is 1.42 bits per heavy atom. The first-order valence-electron chi connectivity index (χ1n) is 9.31. The molecule has 0 aliphatic heterocycles. The van der Waals surface area contributed by atoms with Crippen LogP contribution < -0.4 is 0 Å². The molecule has 1 unspecified atom stereocenters. The van der Waals surface area contributed by atoms with E-state index in [1.807, 2.05) is 0 Å². The molecule has 1 aromatic heterocycles. The number of benzene rings is 2. The molecular formula is C21H26Br2N2O. The Labute approximate surface area is 172 Å². The normalized spacial score (nSPS) is 13.2. The summed E-state index contributed by atoms with van der Waals surface area (Å²) < 4.78 is 4.40. The van der Waals surface area contributed by atoms with Crippen molar-refractivity contribution in [1.29, 1.82) is 0 Å². The first kappa shape index (κ1) is 19.9. The van der Waals surface area contributed by atoms with Gasteiger partial charge >= 0.3 is 0 Å². The molecular weight excluding hydrogens is 456 g/mol. The molecule has 5 heteroatoms. The fraction of sp³-hybridized carbons (Fsp3) is 0.429. The van der Waals surface area contributed by atoms with Crippen LogP contribution in [0.4, 0.5) is 0 Å². The standard InChI is InChI=1S/C21H26Br2N2O/c1-3-9-24(10-4-2)13-17(26)14-25-20-7-5-15(22)11-18(20)19-12-16(23)6-8-21(19)25/h5-8,11-12,17,26H,3-4,9-10,13-14H2,1-2H3. The quantitative estimate of drug-likeness (QED) is 0.440. The summed E-state index contributed by atoms with van der Waals surface area (Å²) in [7, 11) is 0. The zero-order valence-corrected chi connectivity index (χ0v) is 18.6. The molecule has 0 saturated heterocycles. The second kappa shape index (κ2) is 8.87. The summed E-state index contributed by atoms with van der Waals surface area (Å²) in [4.78, 5) is 2.37. The van der Waals surface area contributed by atoms with Gasteiger partial charge in [-0.05, 0) is 62.3 Å². The maximum absolute atomic E-state index is 10.8. The van der Waals surface area contributed by atoms with E-state index >= 15 is 0 Å². The number of fused-ring (bicyclic) bond motifs is 3. The lowest BCUT2D eigenvalue weighted by Crippen LogP contribution is -2.35. The highest BCUT2D eigenvalue weighted by Gasteiger charge is 2.16. The predicted molar refractivity (Wildman–Crippen MR) is 118 cm³/mol. The minimum absolute atomic E-state index is 0.390. The zero-order chi connectivity index (χ0) is 18.7. The van der Waals surface area contributed by atoms with Crippen molar-refractivity contribution in [2.45, 2.75) is 39.3 Å². The molecule has 1 N–H and O–H groups in total. The fourth-order valence-corrected chi connectivity index (χ4v) is 4.46. The van der Waals surface area contributed by atoms with E-state index in [1.54, 1.807) is 0 Å². The molecule has 0 aliphatic carbocycles. The molecule has 3 nitrogen and oxygen atoms in total. The first-order chi connectivity index (χ1) is 12.5. The fourth-order valence-electron chi connectivity index (χ4n) is 3.74. The number of nitrogens with zero attached hydrogens (tertiary/aromatic N) is 2. The summed E-state index contributed by atoms with van der Waals surface area (Å²) >= 11 is 7.17. The highest BCUT2D eigenvalue weighted by molar-refractivity contribution is 9.10. The number of aliphatic hydroxyl groups excluding tert-OH is 1. The van der Waals surface area contributed by atoms with Crippen molar-refractivity contribution in [1.82, 2.24) is 9.47 Å². The van der Waals surface area contributed by atoms with Gasteiger partial charge in [-0.25, -0.2) is 0 Å². The van der Waals surface area contributed by atoms with Crippen LogP contribution in [0, 0.1) is 0 Å². The van der Waals surface area contributed by atoms with Crippen LogP contribution in [-0.2, 0) is 6.54 Å². The largest absolute Gasteiger partial charge is 0.390 e. The van der Waals surface area contributed by atoms with Gasteiger partial charge in [-0.1, -0.05) is 45.7 Å². The van der Waals surface area contributed by atoms with Crippen molar-refractivity contribution in [2.75, 3.05) is 19.6 Å². The molecule has 3 rings (SSSR count). The van der Waals surface area contributed by atoms with Gasteiger partial charge in [0.2, 0.25) is 0 Å². The van der Waals surface area contributed by atoms with Gasteiger partial charge in [-0.15, -0.1) is 0 Å². The van der Waals surface area contributed by atoms with Gasteiger partial charge in [-0.2, -0.15) is 0 Å². The van der Waals surface area contributed by atoms with Gasteiger partial charge in [0.15, 0.2) is 0 Å². The summed E-state index contributed by atoms with van der Waals surface area (Å²) in [5, 5.41) is 13.2. The highest BCUT2D eigenvalue weighted by Crippen LogP contribution is 2.33. The maximum atomic E-state index is 10.8. The van der Waals surface area contributed by atoms with Crippen molar-refractivity contribution in [2.24, 2.45) is 0 Å². The van der Waals surface area contributed by atoms with E-state index in [0.717, 1.165) is 52.5 Å². The topological polar surface area (TPSA) is 28.4 Å². The molecule has 1 heterocycles. The van der Waals surface area contributed by atoms with Crippen molar-refractivity contribution in [3.05, 3.63) is 45.3 Å². The number of aliphatic hydroxyl groups is 1. The predicted octanol–water partition coefficient (Wildman–Crippen LogP) is 5.80. The monoisotopic (exact) mass is 480 g/mol. The van der Waals surface area contributed by atoms with Gasteiger partial charge in [0.05, 0.1) is 12.6 Å². The van der Waals surface area contributed by atoms with Crippen molar-refractivity contribution in [3.63, 3.8) is 0 Å². The third kappa shape index (κ3) is 4.33. The number of halogens is 2.